The molecule has 6 heteroatoms. The van der Waals surface area contributed by atoms with Crippen molar-refractivity contribution in [2.24, 2.45) is 5.92 Å². The summed E-state index contributed by atoms with van der Waals surface area (Å²) in [6.07, 6.45) is 2.98. The third-order valence-electron chi connectivity index (χ3n) is 4.38. The Kier molecular flexibility index (Phi) is 4.41. The van der Waals surface area contributed by atoms with Crippen molar-refractivity contribution in [2.75, 3.05) is 0 Å². The number of fused-ring (bicyclic) bond motifs is 1. The Bertz CT molecular complexity index is 944. The molecule has 0 aliphatic heterocycles. The Morgan fingerprint density at radius 1 is 1.27 bits per heavy atom. The van der Waals surface area contributed by atoms with Crippen LogP contribution >= 0.6 is 0 Å². The summed E-state index contributed by atoms with van der Waals surface area (Å²) in [6, 6.07) is 9.50. The molecular weight excluding hydrogens is 330 g/mol. The molecule has 0 N–H and O–H groups in total. The van der Waals surface area contributed by atoms with Crippen LogP contribution in [0, 0.1) is 5.92 Å². The highest BCUT2D eigenvalue weighted by Crippen LogP contribution is 2.40. The average molecular weight is 351 g/mol. The van der Waals surface area contributed by atoms with E-state index in [1.807, 2.05) is 30.3 Å². The summed E-state index contributed by atoms with van der Waals surface area (Å²) >= 11 is 0. The summed E-state index contributed by atoms with van der Waals surface area (Å²) < 4.78 is 10.6. The van der Waals surface area contributed by atoms with Crippen LogP contribution in [0.5, 0.6) is 0 Å². The van der Waals surface area contributed by atoms with Gasteiger partial charge in [0.15, 0.2) is 12.4 Å². The first-order chi connectivity index (χ1) is 12.6. The van der Waals surface area contributed by atoms with Gasteiger partial charge in [0.05, 0.1) is 11.1 Å². The molecule has 1 aliphatic carbocycles. The van der Waals surface area contributed by atoms with E-state index in [1.165, 1.54) is 0 Å². The van der Waals surface area contributed by atoms with Crippen LogP contribution in [0.4, 0.5) is 0 Å². The number of carbonyl (C=O) groups excluding carboxylic acids is 1. The summed E-state index contributed by atoms with van der Waals surface area (Å²) in [5, 5.41) is 4.71. The molecule has 1 aliphatic rings. The fourth-order valence-corrected chi connectivity index (χ4v) is 2.95. The first-order valence-corrected chi connectivity index (χ1v) is 8.98. The van der Waals surface area contributed by atoms with Crippen LogP contribution in [0.15, 0.2) is 34.9 Å². The minimum absolute atomic E-state index is 0.0284. The summed E-state index contributed by atoms with van der Waals surface area (Å²) in [5.74, 6) is 1.45. The lowest BCUT2D eigenvalue weighted by molar-refractivity contribution is 0.0432. The van der Waals surface area contributed by atoms with Gasteiger partial charge in [-0.25, -0.2) is 4.79 Å². The van der Waals surface area contributed by atoms with Crippen LogP contribution in [-0.2, 0) is 17.8 Å². The van der Waals surface area contributed by atoms with E-state index in [9.17, 15) is 4.79 Å². The Hall–Kier alpha value is -2.76. The van der Waals surface area contributed by atoms with E-state index in [-0.39, 0.29) is 6.61 Å². The fraction of sp³-hybridized carbons (Fsp3) is 0.400. The third kappa shape index (κ3) is 3.59. The SMILES string of the molecule is CC(C)Cc1noc(COC(=O)c2cc(C3CC3)nc3ccccc23)n1. The second kappa shape index (κ2) is 6.86. The molecule has 0 amide bonds. The molecule has 134 valence electrons. The number of benzene rings is 1. The van der Waals surface area contributed by atoms with Crippen molar-refractivity contribution in [3.8, 4) is 0 Å². The van der Waals surface area contributed by atoms with Crippen molar-refractivity contribution in [3.05, 3.63) is 53.3 Å². The molecule has 1 aromatic carbocycles. The van der Waals surface area contributed by atoms with Gasteiger partial charge in [-0.3, -0.25) is 4.98 Å². The van der Waals surface area contributed by atoms with Gasteiger partial charge in [-0.05, 0) is 30.9 Å². The quantitative estimate of drug-likeness (QED) is 0.623. The van der Waals surface area contributed by atoms with Crippen molar-refractivity contribution >= 4 is 16.9 Å². The van der Waals surface area contributed by atoms with Gasteiger partial charge in [0.1, 0.15) is 0 Å². The molecule has 1 saturated carbocycles. The number of ether oxygens (including phenoxy) is 1. The van der Waals surface area contributed by atoms with Crippen LogP contribution in [0.25, 0.3) is 10.9 Å². The van der Waals surface area contributed by atoms with Gasteiger partial charge in [-0.1, -0.05) is 37.2 Å². The van der Waals surface area contributed by atoms with E-state index in [2.05, 4.69) is 29.0 Å². The number of pyridine rings is 1. The maximum atomic E-state index is 12.7. The molecule has 6 nitrogen and oxygen atoms in total. The molecule has 3 aromatic rings. The summed E-state index contributed by atoms with van der Waals surface area (Å²) in [6.45, 7) is 4.14. The predicted octanol–water partition coefficient (Wildman–Crippen LogP) is 4.05. The largest absolute Gasteiger partial charge is 0.452 e. The van der Waals surface area contributed by atoms with Crippen molar-refractivity contribution in [3.63, 3.8) is 0 Å². The van der Waals surface area contributed by atoms with Gasteiger partial charge in [-0.2, -0.15) is 4.98 Å². The smallest absolute Gasteiger partial charge is 0.339 e. The van der Waals surface area contributed by atoms with Gasteiger partial charge in [-0.15, -0.1) is 0 Å². The van der Waals surface area contributed by atoms with E-state index >= 15 is 0 Å². The zero-order chi connectivity index (χ0) is 18.1. The van der Waals surface area contributed by atoms with Crippen molar-refractivity contribution in [1.82, 2.24) is 15.1 Å². The number of carbonyl (C=O) groups is 1. The molecule has 0 unspecified atom stereocenters. The van der Waals surface area contributed by atoms with Crippen LogP contribution < -0.4 is 0 Å². The summed E-state index contributed by atoms with van der Waals surface area (Å²) in [4.78, 5) is 21.6. The van der Waals surface area contributed by atoms with Gasteiger partial charge in [0, 0.05) is 23.4 Å². The number of hydrogen-bond donors (Lipinski definition) is 0. The minimum Gasteiger partial charge on any atom is -0.452 e. The molecule has 4 rings (SSSR count). The van der Waals surface area contributed by atoms with Crippen LogP contribution in [0.1, 0.15) is 60.4 Å². The zero-order valence-electron chi connectivity index (χ0n) is 14.9. The second-order valence-electron chi connectivity index (χ2n) is 7.16. The lowest BCUT2D eigenvalue weighted by atomic mass is 10.1. The van der Waals surface area contributed by atoms with E-state index in [0.717, 1.165) is 35.9 Å². The summed E-state index contributed by atoms with van der Waals surface area (Å²) in [5.41, 5.74) is 2.33. The van der Waals surface area contributed by atoms with Crippen molar-refractivity contribution in [2.45, 2.75) is 45.6 Å². The number of hydrogen-bond acceptors (Lipinski definition) is 6. The Labute approximate surface area is 151 Å². The molecule has 26 heavy (non-hydrogen) atoms. The van der Waals surface area contributed by atoms with Crippen LogP contribution in [0.3, 0.4) is 0 Å². The highest BCUT2D eigenvalue weighted by molar-refractivity contribution is 6.03. The standard InChI is InChI=1S/C20H21N3O3/c1-12(2)9-18-22-19(26-23-18)11-25-20(24)15-10-17(13-7-8-13)21-16-6-4-3-5-14(15)16/h3-6,10,12-13H,7-9,11H2,1-2H3. The predicted molar refractivity (Wildman–Crippen MR) is 95.7 cm³/mol. The normalized spacial score (nSPS) is 14.1. The Morgan fingerprint density at radius 3 is 2.85 bits per heavy atom. The second-order valence-corrected chi connectivity index (χ2v) is 7.16. The highest BCUT2D eigenvalue weighted by atomic mass is 16.6. The van der Waals surface area contributed by atoms with Gasteiger partial charge >= 0.3 is 5.97 Å². The van der Waals surface area contributed by atoms with E-state index in [4.69, 9.17) is 9.26 Å². The van der Waals surface area contributed by atoms with Crippen molar-refractivity contribution < 1.29 is 14.1 Å². The molecule has 0 spiro atoms. The molecule has 0 radical (unpaired) electrons. The van der Waals surface area contributed by atoms with Gasteiger partial charge in [0.2, 0.25) is 0 Å². The maximum Gasteiger partial charge on any atom is 0.339 e. The average Bonchev–Trinajstić information content (AvgIpc) is 3.39. The first-order valence-electron chi connectivity index (χ1n) is 8.98. The molecule has 1 fully saturated rings. The monoisotopic (exact) mass is 351 g/mol. The first kappa shape index (κ1) is 16.7. The lowest BCUT2D eigenvalue weighted by Gasteiger charge is -2.08. The fourth-order valence-electron chi connectivity index (χ4n) is 2.95. The van der Waals surface area contributed by atoms with E-state index in [1.54, 1.807) is 0 Å². The molecule has 0 saturated heterocycles. The molecular formula is C20H21N3O3. The molecule has 2 heterocycles. The van der Waals surface area contributed by atoms with Gasteiger partial charge in [0.25, 0.3) is 5.89 Å². The number of aromatic nitrogens is 3. The third-order valence-corrected chi connectivity index (χ3v) is 4.38. The molecule has 0 bridgehead atoms. The lowest BCUT2D eigenvalue weighted by Crippen LogP contribution is -2.08. The van der Waals surface area contributed by atoms with Crippen molar-refractivity contribution in [1.29, 1.82) is 0 Å². The molecule has 2 aromatic heterocycles. The van der Waals surface area contributed by atoms with Crippen LogP contribution in [0.2, 0.25) is 0 Å². The number of nitrogens with zero attached hydrogens (tertiary/aromatic N) is 3. The van der Waals surface area contributed by atoms with Crippen LogP contribution in [-0.4, -0.2) is 21.1 Å². The highest BCUT2D eigenvalue weighted by Gasteiger charge is 2.27. The number of esters is 1. The Balaban J connectivity index is 1.53. The summed E-state index contributed by atoms with van der Waals surface area (Å²) in [7, 11) is 0. The maximum absolute atomic E-state index is 12.7. The van der Waals surface area contributed by atoms with E-state index < -0.39 is 5.97 Å². The number of para-hydroxylation sites is 1. The Morgan fingerprint density at radius 2 is 2.08 bits per heavy atom. The molecule has 0 atom stereocenters. The van der Waals surface area contributed by atoms with Gasteiger partial charge < -0.3 is 9.26 Å². The van der Waals surface area contributed by atoms with E-state index in [0.29, 0.717) is 29.1 Å². The minimum atomic E-state index is -0.394. The topological polar surface area (TPSA) is 78.1 Å². The zero-order valence-corrected chi connectivity index (χ0v) is 14.9. The number of rotatable bonds is 6.